The number of rotatable bonds is 3. The third kappa shape index (κ3) is 2.28. The van der Waals surface area contributed by atoms with Crippen LogP contribution in [0.3, 0.4) is 0 Å². The SMILES string of the molecule is O=C1[C@H](C23CC4CC(CC(C4)C2)C3)[C@H](c2ccccc2)N1c1ccccc1. The number of β-lactam (4-membered cyclic amide) rings is 1. The molecule has 0 radical (unpaired) electrons. The van der Waals surface area contributed by atoms with Crippen LogP contribution in [0.2, 0.25) is 0 Å². The monoisotopic (exact) mass is 357 g/mol. The Hall–Kier alpha value is -2.09. The van der Waals surface area contributed by atoms with Crippen molar-refractivity contribution >= 4 is 11.6 Å². The van der Waals surface area contributed by atoms with Gasteiger partial charge in [-0.15, -0.1) is 0 Å². The average molecular weight is 357 g/mol. The van der Waals surface area contributed by atoms with Crippen molar-refractivity contribution < 1.29 is 4.79 Å². The van der Waals surface area contributed by atoms with Crippen LogP contribution in [0, 0.1) is 29.1 Å². The first-order valence-electron chi connectivity index (χ1n) is 10.7. The molecule has 2 atom stereocenters. The highest BCUT2D eigenvalue weighted by molar-refractivity contribution is 6.03. The number of amides is 1. The molecule has 7 rings (SSSR count). The second kappa shape index (κ2) is 5.70. The first-order chi connectivity index (χ1) is 13.2. The third-order valence-corrected chi connectivity index (χ3v) is 8.02. The van der Waals surface area contributed by atoms with Crippen molar-refractivity contribution in [2.24, 2.45) is 29.1 Å². The Morgan fingerprint density at radius 3 is 1.81 bits per heavy atom. The Labute approximate surface area is 161 Å². The van der Waals surface area contributed by atoms with Gasteiger partial charge in [0.2, 0.25) is 5.91 Å². The molecule has 4 aliphatic carbocycles. The number of carbonyl (C=O) groups is 1. The standard InChI is InChI=1S/C25H27NO/c27-24-22(25-14-17-11-18(15-25)13-19(12-17)16-25)23(20-7-3-1-4-8-20)26(24)21-9-5-2-6-10-21/h1-10,17-19,22-23H,11-16H2/t17?,18?,19?,22-,23+,25?/m1/s1. The van der Waals surface area contributed by atoms with Crippen LogP contribution >= 0.6 is 0 Å². The largest absolute Gasteiger partial charge is 0.304 e. The van der Waals surface area contributed by atoms with Crippen molar-refractivity contribution in [3.05, 3.63) is 66.2 Å². The summed E-state index contributed by atoms with van der Waals surface area (Å²) in [7, 11) is 0. The lowest BCUT2D eigenvalue weighted by Crippen LogP contribution is -2.65. The summed E-state index contributed by atoms with van der Waals surface area (Å²) in [5, 5.41) is 0. The lowest BCUT2D eigenvalue weighted by molar-refractivity contribution is -0.153. The lowest BCUT2D eigenvalue weighted by Gasteiger charge is -2.64. The minimum absolute atomic E-state index is 0.175. The Morgan fingerprint density at radius 2 is 1.26 bits per heavy atom. The van der Waals surface area contributed by atoms with Gasteiger partial charge in [-0.1, -0.05) is 48.5 Å². The van der Waals surface area contributed by atoms with E-state index in [1.807, 2.05) is 18.2 Å². The van der Waals surface area contributed by atoms with Crippen LogP contribution in [-0.4, -0.2) is 5.91 Å². The third-order valence-electron chi connectivity index (χ3n) is 8.02. The van der Waals surface area contributed by atoms with E-state index in [1.54, 1.807) is 0 Å². The molecule has 0 N–H and O–H groups in total. The molecule has 2 aromatic carbocycles. The average Bonchev–Trinajstić information content (AvgIpc) is 2.66. The normalized spacial score (nSPS) is 39.5. The van der Waals surface area contributed by atoms with E-state index in [2.05, 4.69) is 47.4 Å². The molecule has 1 heterocycles. The van der Waals surface area contributed by atoms with Crippen LogP contribution in [0.5, 0.6) is 0 Å². The number of hydrogen-bond donors (Lipinski definition) is 0. The summed E-state index contributed by atoms with van der Waals surface area (Å²) in [4.78, 5) is 15.7. The minimum atomic E-state index is 0.175. The van der Waals surface area contributed by atoms with Crippen LogP contribution in [-0.2, 0) is 4.79 Å². The van der Waals surface area contributed by atoms with Gasteiger partial charge in [0.15, 0.2) is 0 Å². The summed E-state index contributed by atoms with van der Waals surface area (Å²) in [5.74, 6) is 3.19. The molecule has 2 aromatic rings. The van der Waals surface area contributed by atoms with E-state index in [1.165, 1.54) is 44.1 Å². The van der Waals surface area contributed by atoms with Gasteiger partial charge in [0.25, 0.3) is 0 Å². The van der Waals surface area contributed by atoms with E-state index in [9.17, 15) is 4.79 Å². The van der Waals surface area contributed by atoms with Crippen LogP contribution in [0.1, 0.15) is 50.1 Å². The van der Waals surface area contributed by atoms with Gasteiger partial charge in [0.05, 0.1) is 12.0 Å². The van der Waals surface area contributed by atoms with Gasteiger partial charge >= 0.3 is 0 Å². The molecule has 4 saturated carbocycles. The fourth-order valence-electron chi connectivity index (χ4n) is 7.51. The van der Waals surface area contributed by atoms with Crippen molar-refractivity contribution in [3.8, 4) is 0 Å². The highest BCUT2D eigenvalue weighted by Crippen LogP contribution is 2.67. The molecule has 138 valence electrons. The van der Waals surface area contributed by atoms with Gasteiger partial charge in [-0.2, -0.15) is 0 Å². The van der Waals surface area contributed by atoms with Gasteiger partial charge in [-0.05, 0) is 79.4 Å². The highest BCUT2D eigenvalue weighted by atomic mass is 16.2. The van der Waals surface area contributed by atoms with Crippen LogP contribution in [0.15, 0.2) is 60.7 Å². The van der Waals surface area contributed by atoms with Gasteiger partial charge < -0.3 is 4.90 Å². The van der Waals surface area contributed by atoms with Gasteiger partial charge in [0, 0.05) is 5.69 Å². The number of anilines is 1. The number of carbonyl (C=O) groups excluding carboxylic acids is 1. The quantitative estimate of drug-likeness (QED) is 0.654. The zero-order valence-corrected chi connectivity index (χ0v) is 15.8. The second-order valence-electron chi connectivity index (χ2n) is 9.66. The summed E-state index contributed by atoms with van der Waals surface area (Å²) < 4.78 is 0. The van der Waals surface area contributed by atoms with E-state index in [-0.39, 0.29) is 17.4 Å². The van der Waals surface area contributed by atoms with Crippen LogP contribution < -0.4 is 4.90 Å². The molecule has 5 fully saturated rings. The predicted octanol–water partition coefficient (Wildman–Crippen LogP) is 5.61. The zero-order chi connectivity index (χ0) is 18.0. The fraction of sp³-hybridized carbons (Fsp3) is 0.480. The summed E-state index contributed by atoms with van der Waals surface area (Å²) in [5.41, 5.74) is 2.62. The van der Waals surface area contributed by atoms with Crippen LogP contribution in [0.4, 0.5) is 5.69 Å². The molecule has 1 aliphatic heterocycles. The van der Waals surface area contributed by atoms with Crippen molar-refractivity contribution in [2.45, 2.75) is 44.6 Å². The molecule has 1 saturated heterocycles. The number of nitrogens with zero attached hydrogens (tertiary/aromatic N) is 1. The molecule has 2 heteroatoms. The second-order valence-corrected chi connectivity index (χ2v) is 9.66. The van der Waals surface area contributed by atoms with Crippen molar-refractivity contribution in [3.63, 3.8) is 0 Å². The summed E-state index contributed by atoms with van der Waals surface area (Å²) in [6.45, 7) is 0. The van der Waals surface area contributed by atoms with E-state index in [4.69, 9.17) is 0 Å². The van der Waals surface area contributed by atoms with Crippen molar-refractivity contribution in [1.29, 1.82) is 0 Å². The first-order valence-corrected chi connectivity index (χ1v) is 10.7. The molecular weight excluding hydrogens is 330 g/mol. The molecule has 0 unspecified atom stereocenters. The Bertz CT molecular complexity index is 823. The van der Waals surface area contributed by atoms with Gasteiger partial charge in [-0.3, -0.25) is 4.79 Å². The number of hydrogen-bond acceptors (Lipinski definition) is 1. The number of para-hydroxylation sites is 1. The smallest absolute Gasteiger partial charge is 0.233 e. The maximum absolute atomic E-state index is 13.6. The van der Waals surface area contributed by atoms with E-state index in [0.717, 1.165) is 23.4 Å². The molecule has 1 amide bonds. The van der Waals surface area contributed by atoms with Crippen LogP contribution in [0.25, 0.3) is 0 Å². The molecular formula is C25H27NO. The first kappa shape index (κ1) is 15.9. The van der Waals surface area contributed by atoms with Crippen molar-refractivity contribution in [2.75, 3.05) is 4.90 Å². The van der Waals surface area contributed by atoms with Gasteiger partial charge in [-0.25, -0.2) is 0 Å². The maximum Gasteiger partial charge on any atom is 0.233 e. The summed E-state index contributed by atoms with van der Waals surface area (Å²) in [6, 6.07) is 21.3. The Kier molecular flexibility index (Phi) is 3.36. The molecule has 0 aromatic heterocycles. The molecule has 0 spiro atoms. The number of benzene rings is 2. The highest BCUT2D eigenvalue weighted by Gasteiger charge is 2.63. The van der Waals surface area contributed by atoms with Gasteiger partial charge in [0.1, 0.15) is 0 Å². The summed E-state index contributed by atoms with van der Waals surface area (Å²) >= 11 is 0. The minimum Gasteiger partial charge on any atom is -0.304 e. The van der Waals surface area contributed by atoms with E-state index >= 15 is 0 Å². The molecule has 5 aliphatic rings. The fourth-order valence-corrected chi connectivity index (χ4v) is 7.51. The maximum atomic E-state index is 13.6. The van der Waals surface area contributed by atoms with Crippen molar-refractivity contribution in [1.82, 2.24) is 0 Å². The molecule has 2 nitrogen and oxygen atoms in total. The molecule has 4 bridgehead atoms. The topological polar surface area (TPSA) is 20.3 Å². The summed E-state index contributed by atoms with van der Waals surface area (Å²) in [6.07, 6.45) is 8.17. The predicted molar refractivity (Wildman–Crippen MR) is 107 cm³/mol. The molecule has 27 heavy (non-hydrogen) atoms. The zero-order valence-electron chi connectivity index (χ0n) is 15.8. The van der Waals surface area contributed by atoms with E-state index in [0.29, 0.717) is 5.91 Å². The van der Waals surface area contributed by atoms with E-state index < -0.39 is 0 Å². The lowest BCUT2D eigenvalue weighted by atomic mass is 9.44. The Balaban J connectivity index is 1.42. The Morgan fingerprint density at radius 1 is 0.741 bits per heavy atom.